The van der Waals surface area contributed by atoms with Gasteiger partial charge in [0.15, 0.2) is 0 Å². The Morgan fingerprint density at radius 3 is 2.76 bits per heavy atom. The molecule has 0 fully saturated rings. The molecule has 0 amide bonds. The summed E-state index contributed by atoms with van der Waals surface area (Å²) in [6, 6.07) is 9.41. The Kier molecular flexibility index (Phi) is 5.24. The van der Waals surface area contributed by atoms with Gasteiger partial charge in [0, 0.05) is 20.0 Å². The molecule has 1 aliphatic rings. The number of likely N-dealkylation sites (N-methyl/N-ethyl adjacent to an activating group) is 1. The Morgan fingerprint density at radius 1 is 1.32 bits per heavy atom. The third kappa shape index (κ3) is 3.62. The van der Waals surface area contributed by atoms with Gasteiger partial charge in [0.1, 0.15) is 9.77 Å². The normalized spacial score (nSPS) is 17.3. The SMILES string of the molecule is COC(=O)c1sccc1S(=O)(=O)N(C)CC1Cc2ccccc2CO1. The number of esters is 1. The van der Waals surface area contributed by atoms with Gasteiger partial charge in [0.2, 0.25) is 10.0 Å². The Morgan fingerprint density at radius 2 is 2.04 bits per heavy atom. The lowest BCUT2D eigenvalue weighted by atomic mass is 9.99. The predicted molar refractivity (Wildman–Crippen MR) is 94.2 cm³/mol. The second-order valence-corrected chi connectivity index (χ2v) is 8.73. The van der Waals surface area contributed by atoms with Gasteiger partial charge in [-0.25, -0.2) is 13.2 Å². The molecule has 1 atom stereocenters. The van der Waals surface area contributed by atoms with Gasteiger partial charge in [-0.3, -0.25) is 0 Å². The van der Waals surface area contributed by atoms with Crippen LogP contribution in [0.1, 0.15) is 20.8 Å². The van der Waals surface area contributed by atoms with Crippen LogP contribution in [0, 0.1) is 0 Å². The van der Waals surface area contributed by atoms with Crippen LogP contribution >= 0.6 is 11.3 Å². The number of sulfonamides is 1. The van der Waals surface area contributed by atoms with E-state index in [1.807, 2.05) is 24.3 Å². The highest BCUT2D eigenvalue weighted by Crippen LogP contribution is 2.27. The summed E-state index contributed by atoms with van der Waals surface area (Å²) in [7, 11) is -1.07. The van der Waals surface area contributed by atoms with Crippen molar-refractivity contribution in [3.05, 3.63) is 51.7 Å². The molecule has 1 aromatic heterocycles. The summed E-state index contributed by atoms with van der Waals surface area (Å²) in [5.74, 6) is -0.648. The standard InChI is InChI=1S/C17H19NO5S2/c1-18(10-14-9-12-5-3-4-6-13(12)11-23-14)25(20,21)15-7-8-24-16(15)17(19)22-2/h3-8,14H,9-11H2,1-2H3. The zero-order chi connectivity index (χ0) is 18.0. The summed E-state index contributed by atoms with van der Waals surface area (Å²) in [5, 5.41) is 1.57. The van der Waals surface area contributed by atoms with Crippen molar-refractivity contribution in [2.24, 2.45) is 0 Å². The molecule has 0 spiro atoms. The zero-order valence-electron chi connectivity index (χ0n) is 14.0. The number of methoxy groups -OCH3 is 1. The maximum atomic E-state index is 12.8. The van der Waals surface area contributed by atoms with E-state index >= 15 is 0 Å². The quantitative estimate of drug-likeness (QED) is 0.743. The highest BCUT2D eigenvalue weighted by Gasteiger charge is 2.31. The summed E-state index contributed by atoms with van der Waals surface area (Å²) in [6.07, 6.45) is 0.429. The Bertz CT molecular complexity index is 875. The van der Waals surface area contributed by atoms with Gasteiger partial charge < -0.3 is 9.47 Å². The van der Waals surface area contributed by atoms with Gasteiger partial charge in [-0.1, -0.05) is 24.3 Å². The van der Waals surface area contributed by atoms with E-state index < -0.39 is 16.0 Å². The molecule has 0 saturated carbocycles. The van der Waals surface area contributed by atoms with Crippen molar-refractivity contribution >= 4 is 27.3 Å². The molecular weight excluding hydrogens is 362 g/mol. The molecule has 0 aliphatic carbocycles. The number of hydrogen-bond acceptors (Lipinski definition) is 6. The van der Waals surface area contributed by atoms with Crippen molar-refractivity contribution < 1.29 is 22.7 Å². The van der Waals surface area contributed by atoms with E-state index in [1.165, 1.54) is 30.1 Å². The number of benzene rings is 1. The van der Waals surface area contributed by atoms with E-state index in [4.69, 9.17) is 4.74 Å². The molecule has 2 heterocycles. The van der Waals surface area contributed by atoms with Gasteiger partial charge in [-0.05, 0) is 22.6 Å². The van der Waals surface area contributed by atoms with Gasteiger partial charge in [-0.15, -0.1) is 11.3 Å². The first-order valence-corrected chi connectivity index (χ1v) is 10.1. The maximum absolute atomic E-state index is 12.8. The number of rotatable bonds is 5. The van der Waals surface area contributed by atoms with E-state index in [0.717, 1.165) is 16.9 Å². The highest BCUT2D eigenvalue weighted by molar-refractivity contribution is 7.89. The molecule has 1 aliphatic heterocycles. The minimum atomic E-state index is -3.80. The average molecular weight is 381 g/mol. The van der Waals surface area contributed by atoms with E-state index in [1.54, 1.807) is 5.38 Å². The number of fused-ring (bicyclic) bond motifs is 1. The lowest BCUT2D eigenvalue weighted by molar-refractivity contribution is 0.0202. The van der Waals surface area contributed by atoms with Gasteiger partial charge in [0.25, 0.3) is 0 Å². The molecule has 3 rings (SSSR count). The molecule has 8 heteroatoms. The number of ether oxygens (including phenoxy) is 2. The number of thiophene rings is 1. The summed E-state index contributed by atoms with van der Waals surface area (Å²) in [4.78, 5) is 11.8. The number of hydrogen-bond donors (Lipinski definition) is 0. The monoisotopic (exact) mass is 381 g/mol. The summed E-state index contributed by atoms with van der Waals surface area (Å²) in [6.45, 7) is 0.688. The highest BCUT2D eigenvalue weighted by atomic mass is 32.2. The molecule has 1 aromatic carbocycles. The Hall–Kier alpha value is -1.74. The molecule has 0 saturated heterocycles. The average Bonchev–Trinajstić information content (AvgIpc) is 3.11. The van der Waals surface area contributed by atoms with Gasteiger partial charge in [-0.2, -0.15) is 4.31 Å². The smallest absolute Gasteiger partial charge is 0.349 e. The fourth-order valence-electron chi connectivity index (χ4n) is 2.82. The first-order valence-electron chi connectivity index (χ1n) is 7.74. The van der Waals surface area contributed by atoms with Crippen molar-refractivity contribution in [2.75, 3.05) is 20.7 Å². The summed E-state index contributed by atoms with van der Waals surface area (Å²) < 4.78 is 37.3. The molecule has 25 heavy (non-hydrogen) atoms. The lowest BCUT2D eigenvalue weighted by Crippen LogP contribution is -2.38. The van der Waals surface area contributed by atoms with Crippen molar-refractivity contribution in [1.82, 2.24) is 4.31 Å². The van der Waals surface area contributed by atoms with Crippen LogP contribution in [0.15, 0.2) is 40.6 Å². The maximum Gasteiger partial charge on any atom is 0.349 e. The van der Waals surface area contributed by atoms with E-state index in [2.05, 4.69) is 4.74 Å². The summed E-state index contributed by atoms with van der Waals surface area (Å²) >= 11 is 1.05. The number of nitrogens with zero attached hydrogens (tertiary/aromatic N) is 1. The van der Waals surface area contributed by atoms with Gasteiger partial charge in [0.05, 0.1) is 19.8 Å². The second-order valence-electron chi connectivity index (χ2n) is 5.80. The number of carbonyl (C=O) groups excluding carboxylic acids is 1. The molecule has 1 unspecified atom stereocenters. The largest absolute Gasteiger partial charge is 0.465 e. The number of carbonyl (C=O) groups is 1. The van der Waals surface area contributed by atoms with Crippen LogP contribution in [-0.4, -0.2) is 45.5 Å². The Balaban J connectivity index is 1.76. The molecular formula is C17H19NO5S2. The van der Waals surface area contributed by atoms with Crippen LogP contribution in [0.3, 0.4) is 0 Å². The minimum absolute atomic E-state index is 0.0249. The van der Waals surface area contributed by atoms with Crippen molar-refractivity contribution in [3.63, 3.8) is 0 Å². The fraction of sp³-hybridized carbons (Fsp3) is 0.353. The van der Waals surface area contributed by atoms with Crippen LogP contribution in [0.4, 0.5) is 0 Å². The zero-order valence-corrected chi connectivity index (χ0v) is 15.6. The molecule has 134 valence electrons. The van der Waals surface area contributed by atoms with E-state index in [0.29, 0.717) is 13.0 Å². The molecule has 0 bridgehead atoms. The summed E-state index contributed by atoms with van der Waals surface area (Å²) in [5.41, 5.74) is 2.31. The van der Waals surface area contributed by atoms with E-state index in [-0.39, 0.29) is 22.4 Å². The van der Waals surface area contributed by atoms with Gasteiger partial charge >= 0.3 is 5.97 Å². The topological polar surface area (TPSA) is 72.9 Å². The van der Waals surface area contributed by atoms with Crippen molar-refractivity contribution in [1.29, 1.82) is 0 Å². The van der Waals surface area contributed by atoms with Crippen LogP contribution < -0.4 is 0 Å². The molecule has 0 N–H and O–H groups in total. The Labute approximate surface area is 151 Å². The molecule has 0 radical (unpaired) electrons. The third-order valence-electron chi connectivity index (χ3n) is 4.19. The molecule has 2 aromatic rings. The minimum Gasteiger partial charge on any atom is -0.465 e. The molecule has 6 nitrogen and oxygen atoms in total. The van der Waals surface area contributed by atoms with Crippen LogP contribution in [0.5, 0.6) is 0 Å². The second kappa shape index (κ2) is 7.25. The van der Waals surface area contributed by atoms with Crippen molar-refractivity contribution in [3.8, 4) is 0 Å². The van der Waals surface area contributed by atoms with Crippen LogP contribution in [-0.2, 0) is 32.5 Å². The lowest BCUT2D eigenvalue weighted by Gasteiger charge is -2.28. The van der Waals surface area contributed by atoms with E-state index in [9.17, 15) is 13.2 Å². The van der Waals surface area contributed by atoms with Crippen LogP contribution in [0.25, 0.3) is 0 Å². The third-order valence-corrected chi connectivity index (χ3v) is 7.08. The fourth-order valence-corrected chi connectivity index (χ4v) is 5.33. The van der Waals surface area contributed by atoms with Crippen molar-refractivity contribution in [2.45, 2.75) is 24.0 Å². The predicted octanol–water partition coefficient (Wildman–Crippen LogP) is 2.30. The first-order chi connectivity index (χ1) is 11.9. The first kappa shape index (κ1) is 18.1. The van der Waals surface area contributed by atoms with Crippen LogP contribution in [0.2, 0.25) is 0 Å².